The third kappa shape index (κ3) is 4.22. The number of nitrogens with zero attached hydrogens (tertiary/aromatic N) is 3. The van der Waals surface area contributed by atoms with E-state index in [1.807, 2.05) is 23.6 Å². The minimum Gasteiger partial charge on any atom is -0.497 e. The molecular weight excluding hydrogens is 464 g/mol. The SMILES string of the molecule is COc1ccc(OC)c(-c2csc(Nc3ncnc4scc(-c5ccc(C(C)C)cc5)c34)n2)c1. The Balaban J connectivity index is 1.50. The molecule has 5 rings (SSSR count). The van der Waals surface area contributed by atoms with Crippen molar-refractivity contribution >= 4 is 43.8 Å². The van der Waals surface area contributed by atoms with Crippen molar-refractivity contribution in [3.63, 3.8) is 0 Å². The molecule has 1 N–H and O–H groups in total. The summed E-state index contributed by atoms with van der Waals surface area (Å²) in [6.45, 7) is 4.41. The molecule has 0 unspecified atom stereocenters. The lowest BCUT2D eigenvalue weighted by Crippen LogP contribution is -1.96. The molecule has 0 radical (unpaired) electrons. The van der Waals surface area contributed by atoms with Crippen LogP contribution in [0.2, 0.25) is 0 Å². The van der Waals surface area contributed by atoms with Crippen molar-refractivity contribution in [2.24, 2.45) is 0 Å². The van der Waals surface area contributed by atoms with Crippen LogP contribution in [0.5, 0.6) is 11.5 Å². The van der Waals surface area contributed by atoms with E-state index in [4.69, 9.17) is 14.5 Å². The van der Waals surface area contributed by atoms with Crippen LogP contribution in [0.4, 0.5) is 10.9 Å². The van der Waals surface area contributed by atoms with Gasteiger partial charge in [0.25, 0.3) is 0 Å². The Bertz CT molecular complexity index is 1440. The van der Waals surface area contributed by atoms with Gasteiger partial charge in [0.2, 0.25) is 0 Å². The van der Waals surface area contributed by atoms with Crippen molar-refractivity contribution in [3.05, 3.63) is 65.1 Å². The highest BCUT2D eigenvalue weighted by Gasteiger charge is 2.16. The Morgan fingerprint density at radius 3 is 2.44 bits per heavy atom. The molecule has 0 saturated heterocycles. The number of ether oxygens (including phenoxy) is 2. The zero-order valence-corrected chi connectivity index (χ0v) is 21.0. The summed E-state index contributed by atoms with van der Waals surface area (Å²) in [4.78, 5) is 14.8. The van der Waals surface area contributed by atoms with E-state index in [1.165, 1.54) is 16.9 Å². The first kappa shape index (κ1) is 22.3. The zero-order valence-electron chi connectivity index (χ0n) is 19.3. The average Bonchev–Trinajstić information content (AvgIpc) is 3.51. The second kappa shape index (κ2) is 9.40. The lowest BCUT2D eigenvalue weighted by Gasteiger charge is -2.09. The van der Waals surface area contributed by atoms with Gasteiger partial charge in [-0.2, -0.15) is 0 Å². The van der Waals surface area contributed by atoms with Gasteiger partial charge in [0.1, 0.15) is 28.5 Å². The van der Waals surface area contributed by atoms with Crippen LogP contribution in [-0.2, 0) is 0 Å². The Morgan fingerprint density at radius 2 is 1.71 bits per heavy atom. The predicted octanol–water partition coefficient (Wildman–Crippen LogP) is 7.37. The maximum absolute atomic E-state index is 5.53. The highest BCUT2D eigenvalue weighted by molar-refractivity contribution is 7.17. The van der Waals surface area contributed by atoms with E-state index < -0.39 is 0 Å². The van der Waals surface area contributed by atoms with Crippen LogP contribution >= 0.6 is 22.7 Å². The highest BCUT2D eigenvalue weighted by Crippen LogP contribution is 2.39. The van der Waals surface area contributed by atoms with E-state index in [0.717, 1.165) is 55.0 Å². The molecule has 2 aromatic carbocycles. The van der Waals surface area contributed by atoms with Crippen molar-refractivity contribution in [2.75, 3.05) is 19.5 Å². The van der Waals surface area contributed by atoms with Gasteiger partial charge in [0.15, 0.2) is 5.13 Å². The maximum atomic E-state index is 5.53. The first-order valence-electron chi connectivity index (χ1n) is 10.8. The molecule has 0 fully saturated rings. The van der Waals surface area contributed by atoms with E-state index >= 15 is 0 Å². The number of methoxy groups -OCH3 is 2. The fourth-order valence-electron chi connectivity index (χ4n) is 3.80. The van der Waals surface area contributed by atoms with Gasteiger partial charge in [-0.25, -0.2) is 15.0 Å². The van der Waals surface area contributed by atoms with Crippen LogP contribution in [0.15, 0.2) is 59.6 Å². The zero-order chi connectivity index (χ0) is 23.7. The number of benzene rings is 2. The lowest BCUT2D eigenvalue weighted by atomic mass is 9.99. The number of hydrogen-bond donors (Lipinski definition) is 1. The van der Waals surface area contributed by atoms with Crippen molar-refractivity contribution in [3.8, 4) is 33.9 Å². The molecule has 3 heterocycles. The van der Waals surface area contributed by atoms with Gasteiger partial charge in [0.05, 0.1) is 25.3 Å². The Morgan fingerprint density at radius 1 is 0.882 bits per heavy atom. The molecule has 0 amide bonds. The minimum absolute atomic E-state index is 0.496. The molecule has 0 bridgehead atoms. The van der Waals surface area contributed by atoms with Crippen LogP contribution in [0.1, 0.15) is 25.3 Å². The predicted molar refractivity (Wildman–Crippen MR) is 141 cm³/mol. The molecule has 6 nitrogen and oxygen atoms in total. The fourth-order valence-corrected chi connectivity index (χ4v) is 5.43. The maximum Gasteiger partial charge on any atom is 0.188 e. The van der Waals surface area contributed by atoms with Gasteiger partial charge in [-0.3, -0.25) is 0 Å². The first-order valence-corrected chi connectivity index (χ1v) is 12.6. The standard InChI is InChI=1S/C26H24N4O2S2/c1-15(2)16-5-7-17(8-6-16)20-12-33-25-23(20)24(27-14-28-25)30-26-29-21(13-34-26)19-11-18(31-3)9-10-22(19)32-4/h5-15H,1-4H3,(H,27,28,29,30). The molecule has 0 spiro atoms. The van der Waals surface area contributed by atoms with Gasteiger partial charge in [-0.1, -0.05) is 38.1 Å². The molecule has 0 aliphatic rings. The fraction of sp³-hybridized carbons (Fsp3) is 0.192. The van der Waals surface area contributed by atoms with Crippen LogP contribution in [0.25, 0.3) is 32.6 Å². The summed E-state index contributed by atoms with van der Waals surface area (Å²) in [5.74, 6) is 2.73. The van der Waals surface area contributed by atoms with E-state index in [2.05, 4.69) is 58.8 Å². The number of hydrogen-bond acceptors (Lipinski definition) is 8. The number of fused-ring (bicyclic) bond motifs is 1. The molecule has 0 saturated carbocycles. The highest BCUT2D eigenvalue weighted by atomic mass is 32.1. The summed E-state index contributed by atoms with van der Waals surface area (Å²) in [5.41, 5.74) is 5.27. The number of thiazole rings is 1. The summed E-state index contributed by atoms with van der Waals surface area (Å²) in [5, 5.41) is 9.30. The first-order chi connectivity index (χ1) is 16.6. The second-order valence-corrected chi connectivity index (χ2v) is 9.77. The van der Waals surface area contributed by atoms with E-state index in [9.17, 15) is 0 Å². The lowest BCUT2D eigenvalue weighted by molar-refractivity contribution is 0.404. The van der Waals surface area contributed by atoms with Gasteiger partial charge in [-0.05, 0) is 35.2 Å². The topological polar surface area (TPSA) is 69.2 Å². The van der Waals surface area contributed by atoms with E-state index in [0.29, 0.717) is 5.92 Å². The third-order valence-corrected chi connectivity index (χ3v) is 7.31. The Kier molecular flexibility index (Phi) is 6.17. The van der Waals surface area contributed by atoms with Crippen molar-refractivity contribution < 1.29 is 9.47 Å². The molecule has 0 atom stereocenters. The summed E-state index contributed by atoms with van der Waals surface area (Å²) in [7, 11) is 3.30. The molecule has 0 aliphatic heterocycles. The summed E-state index contributed by atoms with van der Waals surface area (Å²) in [6.07, 6.45) is 1.59. The monoisotopic (exact) mass is 488 g/mol. The van der Waals surface area contributed by atoms with Crippen LogP contribution < -0.4 is 14.8 Å². The number of rotatable bonds is 7. The number of aromatic nitrogens is 3. The van der Waals surface area contributed by atoms with Crippen molar-refractivity contribution in [1.29, 1.82) is 0 Å². The molecule has 0 aliphatic carbocycles. The summed E-state index contributed by atoms with van der Waals surface area (Å²) < 4.78 is 10.9. The summed E-state index contributed by atoms with van der Waals surface area (Å²) in [6, 6.07) is 14.4. The van der Waals surface area contributed by atoms with Gasteiger partial charge >= 0.3 is 0 Å². The summed E-state index contributed by atoms with van der Waals surface area (Å²) >= 11 is 3.13. The quantitative estimate of drug-likeness (QED) is 0.258. The van der Waals surface area contributed by atoms with Crippen LogP contribution in [-0.4, -0.2) is 29.2 Å². The number of thiophene rings is 1. The number of nitrogens with one attached hydrogen (secondary N) is 1. The smallest absolute Gasteiger partial charge is 0.188 e. The normalized spacial score (nSPS) is 11.2. The van der Waals surface area contributed by atoms with Crippen molar-refractivity contribution in [1.82, 2.24) is 15.0 Å². The minimum atomic E-state index is 0.496. The average molecular weight is 489 g/mol. The third-order valence-electron chi connectivity index (χ3n) is 5.67. The molecule has 3 aromatic heterocycles. The largest absolute Gasteiger partial charge is 0.497 e. The van der Waals surface area contributed by atoms with Gasteiger partial charge in [0, 0.05) is 21.9 Å². The van der Waals surface area contributed by atoms with Crippen molar-refractivity contribution in [2.45, 2.75) is 19.8 Å². The van der Waals surface area contributed by atoms with Crippen LogP contribution in [0.3, 0.4) is 0 Å². The van der Waals surface area contributed by atoms with Crippen LogP contribution in [0, 0.1) is 0 Å². The van der Waals surface area contributed by atoms with Gasteiger partial charge < -0.3 is 14.8 Å². The molecular formula is C26H24N4O2S2. The second-order valence-electron chi connectivity index (χ2n) is 8.06. The Labute approximate surface area is 206 Å². The Hall–Kier alpha value is -3.49. The molecule has 34 heavy (non-hydrogen) atoms. The van der Waals surface area contributed by atoms with Gasteiger partial charge in [-0.15, -0.1) is 22.7 Å². The van der Waals surface area contributed by atoms with E-state index in [1.54, 1.807) is 31.9 Å². The number of anilines is 2. The molecule has 5 aromatic rings. The molecule has 172 valence electrons. The van der Waals surface area contributed by atoms with E-state index in [-0.39, 0.29) is 0 Å². The molecule has 8 heteroatoms.